The first kappa shape index (κ1) is 15.6. The number of nitrogens with zero attached hydrogens (tertiary/aromatic N) is 1. The average molecular weight is 313 g/mol. The molecule has 1 aromatic heterocycles. The maximum absolute atomic E-state index is 11.4. The molecule has 1 aromatic rings. The summed E-state index contributed by atoms with van der Waals surface area (Å²) >= 11 is 0. The van der Waals surface area contributed by atoms with Crippen molar-refractivity contribution in [2.45, 2.75) is 29.9 Å². The second-order valence-corrected chi connectivity index (χ2v) is 6.57. The molecule has 0 aliphatic carbocycles. The molecule has 2 N–H and O–H groups in total. The third-order valence-corrected chi connectivity index (χ3v) is 3.57. The van der Waals surface area contributed by atoms with Gasteiger partial charge >= 0.3 is 10.1 Å². The minimum absolute atomic E-state index is 0.293. The fourth-order valence-corrected chi connectivity index (χ4v) is 2.19. The smallest absolute Gasteiger partial charge is 0.328 e. The quantitative estimate of drug-likeness (QED) is 0.261. The summed E-state index contributed by atoms with van der Waals surface area (Å²) in [4.78, 5) is -0.929. The van der Waals surface area contributed by atoms with E-state index in [9.17, 15) is 22.0 Å². The van der Waals surface area contributed by atoms with E-state index in [1.54, 1.807) is 0 Å². The Bertz CT molecular complexity index is 710. The maximum atomic E-state index is 11.4. The largest absolute Gasteiger partial charge is 0.624 e. The fraction of sp³-hybridized carbons (Fsp3) is 0.375. The average Bonchev–Trinajstić information content (AvgIpc) is 2.60. The van der Waals surface area contributed by atoms with Crippen molar-refractivity contribution < 1.29 is 35.1 Å². The molecule has 108 valence electrons. The van der Waals surface area contributed by atoms with E-state index >= 15 is 0 Å². The van der Waals surface area contributed by atoms with Gasteiger partial charge in [-0.2, -0.15) is 16.8 Å². The highest BCUT2D eigenvalue weighted by molar-refractivity contribution is 7.86. The molecule has 1 heterocycles. The van der Waals surface area contributed by atoms with E-state index in [1.807, 2.05) is 0 Å². The highest BCUT2D eigenvalue weighted by Crippen LogP contribution is 2.22. The van der Waals surface area contributed by atoms with Crippen LogP contribution in [0.1, 0.15) is 19.6 Å². The van der Waals surface area contributed by atoms with Gasteiger partial charge in [0.2, 0.25) is 17.1 Å². The number of hydrogen-bond acceptors (Lipinski definition) is 6. The Hall–Kier alpha value is -1.43. The Morgan fingerprint density at radius 3 is 2.16 bits per heavy atom. The second-order valence-electron chi connectivity index (χ2n) is 3.83. The Morgan fingerprint density at radius 2 is 1.79 bits per heavy atom. The Balaban J connectivity index is 3.56. The van der Waals surface area contributed by atoms with E-state index in [0.717, 1.165) is 0 Å². The highest BCUT2D eigenvalue weighted by atomic mass is 32.2. The lowest BCUT2D eigenvalue weighted by atomic mass is 10.4. The van der Waals surface area contributed by atoms with E-state index in [0.29, 0.717) is 17.0 Å². The molecule has 0 aliphatic rings. The minimum Gasteiger partial charge on any atom is -0.624 e. The topological polar surface area (TPSA) is 148 Å². The first-order valence-corrected chi connectivity index (χ1v) is 7.70. The predicted molar refractivity (Wildman–Crippen MR) is 62.3 cm³/mol. The van der Waals surface area contributed by atoms with Gasteiger partial charge in [-0.1, -0.05) is 0 Å². The summed E-state index contributed by atoms with van der Waals surface area (Å²) in [6.07, 6.45) is 0.655. The molecular formula is C8H11NO8S2. The zero-order chi connectivity index (χ0) is 15.0. The molecule has 1 rings (SSSR count). The molecule has 0 atom stereocenters. The van der Waals surface area contributed by atoms with Gasteiger partial charge in [-0.05, 0) is 13.8 Å². The summed E-state index contributed by atoms with van der Waals surface area (Å²) in [7, 11) is -9.61. The van der Waals surface area contributed by atoms with Gasteiger partial charge in [-0.3, -0.25) is 9.11 Å². The number of hydrogen-bond donors (Lipinski definition) is 2. The Morgan fingerprint density at radius 1 is 1.26 bits per heavy atom. The third kappa shape index (κ3) is 3.76. The lowest BCUT2D eigenvalue weighted by molar-refractivity contribution is -0.487. The summed E-state index contributed by atoms with van der Waals surface area (Å²) in [5.74, 6) is -0.696. The van der Waals surface area contributed by atoms with Gasteiger partial charge in [0.1, 0.15) is 4.90 Å². The number of rotatable bonds is 4. The molecule has 0 aliphatic heterocycles. The molecule has 19 heavy (non-hydrogen) atoms. The normalized spacial score (nSPS) is 14.1. The lowest BCUT2D eigenvalue weighted by Crippen LogP contribution is -2.15. The van der Waals surface area contributed by atoms with E-state index in [4.69, 9.17) is 9.11 Å². The molecule has 0 aromatic carbocycles. The van der Waals surface area contributed by atoms with Gasteiger partial charge in [-0.15, -0.1) is 0 Å². The minimum atomic E-state index is -4.81. The van der Waals surface area contributed by atoms with Crippen LogP contribution in [-0.4, -0.2) is 42.9 Å². The molecule has 0 saturated carbocycles. The van der Waals surface area contributed by atoms with Crippen molar-refractivity contribution in [3.05, 3.63) is 17.0 Å². The summed E-state index contributed by atoms with van der Waals surface area (Å²) < 4.78 is 66.2. The van der Waals surface area contributed by atoms with E-state index < -0.39 is 42.0 Å². The molecule has 0 saturated heterocycles. The highest BCUT2D eigenvalue weighted by Gasteiger charge is 2.27. The van der Waals surface area contributed by atoms with Crippen LogP contribution in [0.25, 0.3) is 0 Å². The standard InChI is InChI=1S/C8H11NO8S2/c1-5(2)9(10)4-6-7(18(11,12)13)3-8(17-6)19(14,15)16/h3-5H,1-2H3,(H,11,12,13)(H,14,15,16). The van der Waals surface area contributed by atoms with Crippen LogP contribution in [0.3, 0.4) is 0 Å². The van der Waals surface area contributed by atoms with Crippen molar-refractivity contribution in [2.24, 2.45) is 0 Å². The van der Waals surface area contributed by atoms with Crippen molar-refractivity contribution in [1.82, 2.24) is 0 Å². The first-order valence-electron chi connectivity index (χ1n) is 4.82. The van der Waals surface area contributed by atoms with E-state index in [-0.39, 0.29) is 0 Å². The SMILES string of the molecule is CC(C)[N+]([O-])=Cc1oc(S(=O)(=O)O)cc1S(=O)(=O)O. The summed E-state index contributed by atoms with van der Waals surface area (Å²) in [5, 5.41) is 10.3. The summed E-state index contributed by atoms with van der Waals surface area (Å²) in [6, 6.07) is -0.168. The summed E-state index contributed by atoms with van der Waals surface area (Å²) in [6.45, 7) is 2.98. The number of furan rings is 1. The van der Waals surface area contributed by atoms with Gasteiger partial charge in [0.15, 0.2) is 6.04 Å². The van der Waals surface area contributed by atoms with Crippen LogP contribution in [0, 0.1) is 5.21 Å². The van der Waals surface area contributed by atoms with Crippen LogP contribution < -0.4 is 0 Å². The van der Waals surface area contributed by atoms with Gasteiger partial charge < -0.3 is 9.62 Å². The van der Waals surface area contributed by atoms with Crippen LogP contribution in [0.15, 0.2) is 20.5 Å². The van der Waals surface area contributed by atoms with Gasteiger partial charge in [0, 0.05) is 6.07 Å². The Labute approximate surface area is 109 Å². The van der Waals surface area contributed by atoms with Crippen LogP contribution in [-0.2, 0) is 20.2 Å². The molecule has 0 radical (unpaired) electrons. The number of hydroxylamine groups is 1. The molecule has 0 unspecified atom stereocenters. The summed E-state index contributed by atoms with van der Waals surface area (Å²) in [5.41, 5.74) is 0. The zero-order valence-corrected chi connectivity index (χ0v) is 11.5. The van der Waals surface area contributed by atoms with Crippen LogP contribution in [0.5, 0.6) is 0 Å². The van der Waals surface area contributed by atoms with Crippen LogP contribution >= 0.6 is 0 Å². The third-order valence-electron chi connectivity index (χ3n) is 1.99. The predicted octanol–water partition coefficient (Wildman–Crippen LogP) is 0.111. The van der Waals surface area contributed by atoms with Crippen LogP contribution in [0.2, 0.25) is 0 Å². The van der Waals surface area contributed by atoms with Crippen LogP contribution in [0.4, 0.5) is 0 Å². The zero-order valence-electron chi connectivity index (χ0n) is 9.84. The van der Waals surface area contributed by atoms with Gasteiger partial charge in [0.25, 0.3) is 10.1 Å². The van der Waals surface area contributed by atoms with Crippen molar-refractivity contribution >= 4 is 26.5 Å². The molecule has 0 amide bonds. The van der Waals surface area contributed by atoms with E-state index in [2.05, 4.69) is 4.42 Å². The first-order chi connectivity index (χ1) is 8.43. The maximum Gasteiger partial charge on any atom is 0.328 e. The molecule has 11 heteroatoms. The lowest BCUT2D eigenvalue weighted by Gasteiger charge is -2.06. The van der Waals surface area contributed by atoms with E-state index in [1.165, 1.54) is 13.8 Å². The van der Waals surface area contributed by atoms with Crippen molar-refractivity contribution in [2.75, 3.05) is 0 Å². The molecule has 9 nitrogen and oxygen atoms in total. The van der Waals surface area contributed by atoms with Crippen molar-refractivity contribution in [3.8, 4) is 0 Å². The van der Waals surface area contributed by atoms with Gasteiger partial charge in [-0.25, -0.2) is 4.74 Å². The molecule has 0 fully saturated rings. The van der Waals surface area contributed by atoms with Gasteiger partial charge in [0.05, 0.1) is 0 Å². The van der Waals surface area contributed by atoms with Crippen molar-refractivity contribution in [1.29, 1.82) is 0 Å². The second kappa shape index (κ2) is 4.92. The monoisotopic (exact) mass is 313 g/mol. The molecule has 0 bridgehead atoms. The Kier molecular flexibility index (Phi) is 4.05. The fourth-order valence-electron chi connectivity index (χ4n) is 1.05. The molecular weight excluding hydrogens is 302 g/mol. The van der Waals surface area contributed by atoms with Crippen molar-refractivity contribution in [3.63, 3.8) is 0 Å². The molecule has 0 spiro atoms.